The summed E-state index contributed by atoms with van der Waals surface area (Å²) in [5.41, 5.74) is -0.292. The summed E-state index contributed by atoms with van der Waals surface area (Å²) < 4.78 is 1.25. The van der Waals surface area contributed by atoms with E-state index >= 15 is 0 Å². The van der Waals surface area contributed by atoms with Crippen LogP contribution in [0, 0.1) is 0 Å². The van der Waals surface area contributed by atoms with E-state index in [1.165, 1.54) is 24.0 Å². The molecular weight excluding hydrogens is 181 g/mol. The number of rotatable bonds is 0. The first-order chi connectivity index (χ1) is 6.61. The summed E-state index contributed by atoms with van der Waals surface area (Å²) >= 11 is 0. The number of pyridine rings is 1. The van der Waals surface area contributed by atoms with Crippen LogP contribution < -0.4 is 16.6 Å². The summed E-state index contributed by atoms with van der Waals surface area (Å²) in [4.78, 5) is 29.0. The van der Waals surface area contributed by atoms with Gasteiger partial charge in [-0.25, -0.2) is 4.98 Å². The van der Waals surface area contributed by atoms with Gasteiger partial charge in [0.05, 0.1) is 11.7 Å². The molecule has 0 saturated heterocycles. The lowest BCUT2D eigenvalue weighted by Gasteiger charge is -2.03. The fourth-order valence-electron chi connectivity index (χ4n) is 1.31. The largest absolute Gasteiger partial charge is 0.313 e. The second-order valence-corrected chi connectivity index (χ2v) is 2.93. The van der Waals surface area contributed by atoms with E-state index in [2.05, 4.69) is 9.97 Å². The highest BCUT2D eigenvalue weighted by molar-refractivity contribution is 6.32. The zero-order valence-electron chi connectivity index (χ0n) is 7.44. The SMILES string of the molecule is [B]c1cc2c(=O)[nH]cnc2n(C)c1=O. The minimum Gasteiger partial charge on any atom is -0.313 e. The Morgan fingerprint density at radius 1 is 1.50 bits per heavy atom. The van der Waals surface area contributed by atoms with Crippen molar-refractivity contribution in [1.82, 2.24) is 14.5 Å². The standard InChI is InChI=1S/C8H6BN3O2/c1-12-6-4(2-5(9)8(12)14)7(13)11-3-10-6/h2-3H,1H3,(H,10,11,13). The molecule has 1 N–H and O–H groups in total. The van der Waals surface area contributed by atoms with Crippen LogP contribution in [0.2, 0.25) is 0 Å². The van der Waals surface area contributed by atoms with Crippen LogP contribution in [0.25, 0.3) is 11.0 Å². The van der Waals surface area contributed by atoms with Crippen molar-refractivity contribution in [3.63, 3.8) is 0 Å². The Balaban J connectivity index is 3.14. The number of nitrogens with zero attached hydrogens (tertiary/aromatic N) is 2. The molecule has 68 valence electrons. The smallest absolute Gasteiger partial charge is 0.260 e. The highest BCUT2D eigenvalue weighted by atomic mass is 16.1. The van der Waals surface area contributed by atoms with Crippen molar-refractivity contribution in [3.8, 4) is 0 Å². The van der Waals surface area contributed by atoms with E-state index in [1.807, 2.05) is 0 Å². The molecule has 2 radical (unpaired) electrons. The maximum absolute atomic E-state index is 11.4. The minimum atomic E-state index is -0.351. The van der Waals surface area contributed by atoms with Gasteiger partial charge in [0.25, 0.3) is 5.56 Å². The molecule has 0 aliphatic carbocycles. The number of H-pyrrole nitrogens is 1. The van der Waals surface area contributed by atoms with Crippen LogP contribution in [-0.2, 0) is 7.05 Å². The third-order valence-corrected chi connectivity index (χ3v) is 2.04. The van der Waals surface area contributed by atoms with Gasteiger partial charge in [0.15, 0.2) is 0 Å². The average Bonchev–Trinajstić information content (AvgIpc) is 2.17. The molecule has 0 aliphatic heterocycles. The van der Waals surface area contributed by atoms with Crippen molar-refractivity contribution in [3.05, 3.63) is 33.1 Å². The predicted molar refractivity (Wildman–Crippen MR) is 53.0 cm³/mol. The molecule has 2 aromatic rings. The highest BCUT2D eigenvalue weighted by Crippen LogP contribution is 1.97. The van der Waals surface area contributed by atoms with Gasteiger partial charge >= 0.3 is 0 Å². The molecule has 2 rings (SSSR count). The monoisotopic (exact) mass is 187 g/mol. The van der Waals surface area contributed by atoms with Crippen LogP contribution in [0.15, 0.2) is 22.0 Å². The molecule has 2 heterocycles. The molecule has 0 spiro atoms. The van der Waals surface area contributed by atoms with Crippen molar-refractivity contribution < 1.29 is 0 Å². The van der Waals surface area contributed by atoms with Crippen LogP contribution in [0.3, 0.4) is 0 Å². The number of aryl methyl sites for hydroxylation is 1. The molecular formula is C8H6BN3O2. The Morgan fingerprint density at radius 3 is 2.93 bits per heavy atom. The van der Waals surface area contributed by atoms with Gasteiger partial charge in [0.2, 0.25) is 5.56 Å². The molecule has 0 saturated carbocycles. The second kappa shape index (κ2) is 2.83. The van der Waals surface area contributed by atoms with E-state index in [0.29, 0.717) is 11.0 Å². The van der Waals surface area contributed by atoms with E-state index in [4.69, 9.17) is 7.85 Å². The van der Waals surface area contributed by atoms with Crippen LogP contribution in [0.4, 0.5) is 0 Å². The van der Waals surface area contributed by atoms with Crippen molar-refractivity contribution in [1.29, 1.82) is 0 Å². The van der Waals surface area contributed by atoms with Gasteiger partial charge in [0.1, 0.15) is 13.5 Å². The maximum Gasteiger partial charge on any atom is 0.260 e. The Bertz CT molecular complexity index is 614. The molecule has 0 aliphatic rings. The number of aromatic amines is 1. The lowest BCUT2D eigenvalue weighted by atomic mass is 9.97. The van der Waals surface area contributed by atoms with Gasteiger partial charge in [-0.3, -0.25) is 14.2 Å². The average molecular weight is 187 g/mol. The van der Waals surface area contributed by atoms with Gasteiger partial charge in [-0.1, -0.05) is 0 Å². The van der Waals surface area contributed by atoms with Crippen LogP contribution in [0.1, 0.15) is 0 Å². The molecule has 0 amide bonds. The van der Waals surface area contributed by atoms with Gasteiger partial charge in [-0.15, -0.1) is 0 Å². The van der Waals surface area contributed by atoms with E-state index in [-0.39, 0.29) is 16.6 Å². The zero-order chi connectivity index (χ0) is 10.3. The number of nitrogens with one attached hydrogen (secondary N) is 1. The third kappa shape index (κ3) is 1.07. The van der Waals surface area contributed by atoms with Gasteiger partial charge in [0, 0.05) is 7.05 Å². The van der Waals surface area contributed by atoms with E-state index < -0.39 is 0 Å². The summed E-state index contributed by atoms with van der Waals surface area (Å²) in [6.45, 7) is 0. The Hall–Kier alpha value is -1.85. The summed E-state index contributed by atoms with van der Waals surface area (Å²) in [5.74, 6) is 0. The minimum absolute atomic E-state index is 0.0403. The quantitative estimate of drug-likeness (QED) is 0.506. The van der Waals surface area contributed by atoms with Gasteiger partial charge in [-0.05, 0) is 11.5 Å². The molecule has 5 nitrogen and oxygen atoms in total. The topological polar surface area (TPSA) is 67.8 Å². The number of fused-ring (bicyclic) bond motifs is 1. The Kier molecular flexibility index (Phi) is 1.77. The lowest BCUT2D eigenvalue weighted by molar-refractivity contribution is 0.888. The molecule has 0 aromatic carbocycles. The fourth-order valence-corrected chi connectivity index (χ4v) is 1.31. The van der Waals surface area contributed by atoms with Crippen molar-refractivity contribution in [2.24, 2.45) is 7.05 Å². The second-order valence-electron chi connectivity index (χ2n) is 2.93. The number of aromatic nitrogens is 3. The van der Waals surface area contributed by atoms with Crippen molar-refractivity contribution >= 4 is 24.3 Å². The normalized spacial score (nSPS) is 10.6. The summed E-state index contributed by atoms with van der Waals surface area (Å²) in [6.07, 6.45) is 1.25. The van der Waals surface area contributed by atoms with Crippen LogP contribution in [-0.4, -0.2) is 22.4 Å². The predicted octanol–water partition coefficient (Wildman–Crippen LogP) is -1.58. The highest BCUT2D eigenvalue weighted by Gasteiger charge is 2.05. The van der Waals surface area contributed by atoms with Crippen molar-refractivity contribution in [2.75, 3.05) is 0 Å². The zero-order valence-corrected chi connectivity index (χ0v) is 7.44. The first-order valence-corrected chi connectivity index (χ1v) is 3.94. The van der Waals surface area contributed by atoms with E-state index in [9.17, 15) is 9.59 Å². The molecule has 2 aromatic heterocycles. The first-order valence-electron chi connectivity index (χ1n) is 3.94. The molecule has 6 heteroatoms. The van der Waals surface area contributed by atoms with E-state index in [0.717, 1.165) is 0 Å². The lowest BCUT2D eigenvalue weighted by Crippen LogP contribution is -2.34. The summed E-state index contributed by atoms with van der Waals surface area (Å²) in [5, 5.41) is 0.312. The maximum atomic E-state index is 11.4. The Morgan fingerprint density at radius 2 is 2.21 bits per heavy atom. The van der Waals surface area contributed by atoms with E-state index in [1.54, 1.807) is 0 Å². The molecule has 0 unspecified atom stereocenters. The molecule has 0 fully saturated rings. The summed E-state index contributed by atoms with van der Waals surface area (Å²) in [6, 6.07) is 1.34. The van der Waals surface area contributed by atoms with Crippen molar-refractivity contribution in [2.45, 2.75) is 0 Å². The first kappa shape index (κ1) is 8.74. The molecule has 0 bridgehead atoms. The summed E-state index contributed by atoms with van der Waals surface area (Å²) in [7, 11) is 6.96. The third-order valence-electron chi connectivity index (χ3n) is 2.04. The van der Waals surface area contributed by atoms with Crippen LogP contribution in [0.5, 0.6) is 0 Å². The Labute approximate surface area is 79.8 Å². The van der Waals surface area contributed by atoms with Gasteiger partial charge < -0.3 is 4.98 Å². The van der Waals surface area contributed by atoms with Crippen LogP contribution >= 0.6 is 0 Å². The number of hydrogen-bond donors (Lipinski definition) is 1. The molecule has 0 atom stereocenters. The fraction of sp³-hybridized carbons (Fsp3) is 0.125. The number of hydrogen-bond acceptors (Lipinski definition) is 3. The molecule has 14 heavy (non-hydrogen) atoms. The van der Waals surface area contributed by atoms with Gasteiger partial charge in [-0.2, -0.15) is 0 Å².